The number of fused-ring (bicyclic) bond motifs is 2. The fourth-order valence-electron chi connectivity index (χ4n) is 4.82. The van der Waals surface area contributed by atoms with E-state index in [1.807, 2.05) is 5.32 Å². The lowest BCUT2D eigenvalue weighted by Gasteiger charge is -2.31. The number of nitrogens with zero attached hydrogens (tertiary/aromatic N) is 3. The summed E-state index contributed by atoms with van der Waals surface area (Å²) in [4.78, 5) is 29.5. The highest BCUT2D eigenvalue weighted by molar-refractivity contribution is 6.33. The van der Waals surface area contributed by atoms with Gasteiger partial charge in [0.05, 0.1) is 24.4 Å². The second-order valence-electron chi connectivity index (χ2n) is 10.4. The van der Waals surface area contributed by atoms with Gasteiger partial charge in [0.25, 0.3) is 5.91 Å². The largest absolute Gasteiger partial charge is 0.494 e. The molecule has 0 saturated heterocycles. The predicted octanol–water partition coefficient (Wildman–Crippen LogP) is 4.61. The molecular formula is C28H22ClF6N5O5. The van der Waals surface area contributed by atoms with Gasteiger partial charge >= 0.3 is 12.7 Å². The highest BCUT2D eigenvalue weighted by Crippen LogP contribution is 2.48. The van der Waals surface area contributed by atoms with Crippen LogP contribution in [-0.2, 0) is 15.8 Å². The molecule has 238 valence electrons. The van der Waals surface area contributed by atoms with E-state index in [-0.39, 0.29) is 56.4 Å². The topological polar surface area (TPSA) is 142 Å². The van der Waals surface area contributed by atoms with Crippen molar-refractivity contribution in [2.45, 2.75) is 30.7 Å². The lowest BCUT2D eigenvalue weighted by molar-refractivity contribution is -0.265. The molecule has 4 N–H and O–H groups in total. The number of methoxy groups -OCH3 is 1. The quantitative estimate of drug-likeness (QED) is 0.235. The molecule has 0 bridgehead atoms. The molecule has 0 saturated carbocycles. The van der Waals surface area contributed by atoms with Gasteiger partial charge in [-0.15, -0.1) is 0 Å². The van der Waals surface area contributed by atoms with E-state index >= 15 is 0 Å². The molecule has 0 fully saturated rings. The van der Waals surface area contributed by atoms with Gasteiger partial charge in [0.15, 0.2) is 0 Å². The first kappa shape index (κ1) is 31.8. The molecule has 17 heteroatoms. The first-order valence-corrected chi connectivity index (χ1v) is 13.2. The molecule has 0 spiro atoms. The summed E-state index contributed by atoms with van der Waals surface area (Å²) in [7, 11) is 1.17. The molecule has 2 aromatic heterocycles. The number of hydrogen-bond donors (Lipinski definition) is 3. The smallest absolute Gasteiger partial charge is 0.424 e. The zero-order valence-electron chi connectivity index (χ0n) is 23.2. The number of carbonyl (C=O) groups excluding carboxylic acids is 2. The Bertz CT molecular complexity index is 1850. The monoisotopic (exact) mass is 657 g/mol. The minimum absolute atomic E-state index is 0.0257. The van der Waals surface area contributed by atoms with E-state index < -0.39 is 53.6 Å². The van der Waals surface area contributed by atoms with E-state index in [2.05, 4.69) is 10.1 Å². The van der Waals surface area contributed by atoms with Crippen LogP contribution >= 0.6 is 11.6 Å². The van der Waals surface area contributed by atoms with Gasteiger partial charge in [0.2, 0.25) is 11.5 Å². The lowest BCUT2D eigenvalue weighted by atomic mass is 9.81. The van der Waals surface area contributed by atoms with Crippen molar-refractivity contribution in [2.75, 3.05) is 20.3 Å². The van der Waals surface area contributed by atoms with Gasteiger partial charge in [0, 0.05) is 28.3 Å². The SMILES string of the molecule is COc1cc(C(=O)NCC(O)(c2cc3c(c(-c4ccc(F)cc4Cl)n2)OC[C@]3(C)C(N)=O)C(F)(F)F)cc2cn(C(F)F)nc12. The third-order valence-electron chi connectivity index (χ3n) is 7.47. The number of halogens is 7. The average molecular weight is 658 g/mol. The molecule has 5 rings (SSSR count). The molecule has 1 aliphatic heterocycles. The highest BCUT2D eigenvalue weighted by Gasteiger charge is 2.57. The Morgan fingerprint density at radius 2 is 1.96 bits per heavy atom. The Morgan fingerprint density at radius 1 is 1.24 bits per heavy atom. The lowest BCUT2D eigenvalue weighted by Crippen LogP contribution is -2.51. The Kier molecular flexibility index (Phi) is 7.85. The minimum Gasteiger partial charge on any atom is -0.494 e. The van der Waals surface area contributed by atoms with Gasteiger partial charge in [-0.05, 0) is 43.3 Å². The van der Waals surface area contributed by atoms with Crippen LogP contribution in [0.4, 0.5) is 26.3 Å². The Morgan fingerprint density at radius 3 is 2.56 bits per heavy atom. The molecule has 1 unspecified atom stereocenters. The zero-order valence-corrected chi connectivity index (χ0v) is 23.9. The summed E-state index contributed by atoms with van der Waals surface area (Å²) in [6.07, 6.45) is -4.56. The summed E-state index contributed by atoms with van der Waals surface area (Å²) < 4.78 is 95.2. The number of carbonyl (C=O) groups is 2. The van der Waals surface area contributed by atoms with E-state index in [9.17, 15) is 41.0 Å². The standard InChI is InChI=1S/C28H22ClF6N5O5/c1-26(24(36)42)11-45-22-16(26)8-19(38-21(22)15-4-3-14(30)7-17(15)29)27(43,28(33,34)35)10-37-23(41)12-5-13-9-40(25(31)32)39-20(13)18(6-12)44-2/h3-9,25,43H,10-11H2,1-2H3,(H2,36,42)(H,37,41)/t26-,27?/m0/s1. The molecule has 3 heterocycles. The summed E-state index contributed by atoms with van der Waals surface area (Å²) in [5.41, 5.74) is -1.97. The second-order valence-corrected chi connectivity index (χ2v) is 10.8. The first-order chi connectivity index (χ1) is 21.0. The fourth-order valence-corrected chi connectivity index (χ4v) is 5.07. The summed E-state index contributed by atoms with van der Waals surface area (Å²) >= 11 is 6.18. The van der Waals surface area contributed by atoms with E-state index in [1.165, 1.54) is 14.0 Å². The maximum absolute atomic E-state index is 14.7. The number of pyridine rings is 1. The fraction of sp³-hybridized carbons (Fsp3) is 0.286. The Hall–Kier alpha value is -4.57. The zero-order chi connectivity index (χ0) is 33.1. The highest BCUT2D eigenvalue weighted by atomic mass is 35.5. The first-order valence-electron chi connectivity index (χ1n) is 12.9. The summed E-state index contributed by atoms with van der Waals surface area (Å²) in [6, 6.07) is 5.94. The van der Waals surface area contributed by atoms with E-state index in [1.54, 1.807) is 0 Å². The third kappa shape index (κ3) is 5.37. The normalized spacial score (nSPS) is 17.6. The second kappa shape index (κ2) is 11.1. The van der Waals surface area contributed by atoms with Crippen LogP contribution in [-0.4, -0.2) is 58.1 Å². The molecule has 2 atom stereocenters. The van der Waals surface area contributed by atoms with E-state index in [0.29, 0.717) is 4.68 Å². The van der Waals surface area contributed by atoms with Crippen molar-refractivity contribution in [1.29, 1.82) is 0 Å². The molecule has 2 aromatic carbocycles. The average Bonchev–Trinajstić information content (AvgIpc) is 3.56. The van der Waals surface area contributed by atoms with Crippen LogP contribution in [0.3, 0.4) is 0 Å². The van der Waals surface area contributed by atoms with Crippen LogP contribution in [0.5, 0.6) is 11.5 Å². The van der Waals surface area contributed by atoms with Crippen molar-refractivity contribution in [3.8, 4) is 22.8 Å². The van der Waals surface area contributed by atoms with Crippen molar-refractivity contribution in [2.24, 2.45) is 5.73 Å². The van der Waals surface area contributed by atoms with Gasteiger partial charge in [-0.3, -0.25) is 9.59 Å². The molecule has 2 amide bonds. The van der Waals surface area contributed by atoms with Gasteiger partial charge in [0.1, 0.15) is 40.5 Å². The van der Waals surface area contributed by atoms with Crippen LogP contribution in [0.25, 0.3) is 22.2 Å². The Labute approximate surface area is 254 Å². The van der Waals surface area contributed by atoms with Crippen LogP contribution in [0.1, 0.15) is 35.1 Å². The number of benzene rings is 2. The summed E-state index contributed by atoms with van der Waals surface area (Å²) in [5, 5.41) is 16.6. The number of alkyl halides is 5. The molecule has 45 heavy (non-hydrogen) atoms. The van der Waals surface area contributed by atoms with Crippen molar-refractivity contribution in [3.05, 3.63) is 70.3 Å². The van der Waals surface area contributed by atoms with Gasteiger partial charge in [-0.25, -0.2) is 14.1 Å². The van der Waals surface area contributed by atoms with E-state index in [0.717, 1.165) is 42.6 Å². The maximum atomic E-state index is 14.7. The van der Waals surface area contributed by atoms with Crippen molar-refractivity contribution >= 4 is 34.3 Å². The van der Waals surface area contributed by atoms with Crippen molar-refractivity contribution in [3.63, 3.8) is 0 Å². The maximum Gasteiger partial charge on any atom is 0.424 e. The number of aliphatic hydroxyl groups is 1. The molecule has 4 aromatic rings. The number of primary amides is 1. The number of nitrogens with one attached hydrogen (secondary N) is 1. The number of nitrogens with two attached hydrogens (primary N) is 1. The molecule has 0 aliphatic carbocycles. The molecule has 10 nitrogen and oxygen atoms in total. The summed E-state index contributed by atoms with van der Waals surface area (Å²) in [5.74, 6) is -3.14. The van der Waals surface area contributed by atoms with Crippen LogP contribution in [0.2, 0.25) is 5.02 Å². The number of ether oxygens (including phenoxy) is 2. The number of amides is 2. The van der Waals surface area contributed by atoms with Crippen molar-refractivity contribution < 1.29 is 50.5 Å². The Balaban J connectivity index is 1.60. The molecule has 0 radical (unpaired) electrons. The minimum atomic E-state index is -5.48. The van der Waals surface area contributed by atoms with Gasteiger partial charge in [-0.2, -0.15) is 27.1 Å². The number of hydrogen-bond acceptors (Lipinski definition) is 7. The van der Waals surface area contributed by atoms with Gasteiger partial charge < -0.3 is 25.6 Å². The number of rotatable bonds is 8. The molecular weight excluding hydrogens is 636 g/mol. The van der Waals surface area contributed by atoms with E-state index in [4.69, 9.17) is 26.8 Å². The third-order valence-corrected chi connectivity index (χ3v) is 7.79. The predicted molar refractivity (Wildman–Crippen MR) is 147 cm³/mol. The number of aromatic nitrogens is 3. The van der Waals surface area contributed by atoms with Crippen LogP contribution in [0.15, 0.2) is 42.6 Å². The van der Waals surface area contributed by atoms with Crippen LogP contribution < -0.4 is 20.5 Å². The van der Waals surface area contributed by atoms with Crippen LogP contribution in [0, 0.1) is 5.82 Å². The van der Waals surface area contributed by atoms with Crippen molar-refractivity contribution in [1.82, 2.24) is 20.1 Å². The van der Waals surface area contributed by atoms with Gasteiger partial charge in [-0.1, -0.05) is 11.6 Å². The summed E-state index contributed by atoms with van der Waals surface area (Å²) in [6.45, 7) is -3.59. The molecule has 1 aliphatic rings.